The zero-order valence-electron chi connectivity index (χ0n) is 11.9. The van der Waals surface area contributed by atoms with E-state index in [9.17, 15) is 4.79 Å². The first-order valence-electron chi connectivity index (χ1n) is 6.41. The van der Waals surface area contributed by atoms with Gasteiger partial charge in [-0.3, -0.25) is 0 Å². The Balaban J connectivity index is 3.86. The second kappa shape index (κ2) is 7.54. The smallest absolute Gasteiger partial charge is 0.407 e. The minimum atomic E-state index is -0.444. The SMILES string of the molecule is CC(C)CCC(CN)CNC(=O)OC(C)(C)C. The summed E-state index contributed by atoms with van der Waals surface area (Å²) in [6.45, 7) is 11.1. The van der Waals surface area contributed by atoms with Crippen molar-refractivity contribution in [2.75, 3.05) is 13.1 Å². The van der Waals surface area contributed by atoms with E-state index in [0.29, 0.717) is 24.9 Å². The van der Waals surface area contributed by atoms with Crippen LogP contribution in [0.15, 0.2) is 0 Å². The molecule has 0 aliphatic rings. The van der Waals surface area contributed by atoms with Crippen LogP contribution < -0.4 is 11.1 Å². The second-order valence-electron chi connectivity index (χ2n) is 5.96. The van der Waals surface area contributed by atoms with Crippen LogP contribution in [-0.2, 0) is 4.74 Å². The van der Waals surface area contributed by atoms with Crippen LogP contribution in [0.1, 0.15) is 47.5 Å². The number of rotatable bonds is 6. The first kappa shape index (κ1) is 16.2. The molecule has 0 aliphatic carbocycles. The topological polar surface area (TPSA) is 64.3 Å². The monoisotopic (exact) mass is 244 g/mol. The maximum Gasteiger partial charge on any atom is 0.407 e. The Hall–Kier alpha value is -0.770. The number of hydrogen-bond donors (Lipinski definition) is 2. The van der Waals surface area contributed by atoms with Crippen molar-refractivity contribution in [1.29, 1.82) is 0 Å². The quantitative estimate of drug-likeness (QED) is 0.754. The number of amides is 1. The highest BCUT2D eigenvalue weighted by Gasteiger charge is 2.17. The van der Waals surface area contributed by atoms with Crippen LogP contribution in [0, 0.1) is 11.8 Å². The maximum absolute atomic E-state index is 11.4. The standard InChI is InChI=1S/C13H28N2O2/c1-10(2)6-7-11(8-14)9-15-12(16)17-13(3,4)5/h10-11H,6-9,14H2,1-5H3,(H,15,16). The predicted molar refractivity (Wildman–Crippen MR) is 70.9 cm³/mol. The van der Waals surface area contributed by atoms with Crippen molar-refractivity contribution in [3.63, 3.8) is 0 Å². The maximum atomic E-state index is 11.4. The van der Waals surface area contributed by atoms with E-state index in [2.05, 4.69) is 19.2 Å². The molecule has 0 saturated heterocycles. The molecule has 0 aromatic heterocycles. The Bertz CT molecular complexity index is 222. The molecule has 0 aromatic rings. The summed E-state index contributed by atoms with van der Waals surface area (Å²) in [7, 11) is 0. The van der Waals surface area contributed by atoms with E-state index in [1.165, 1.54) is 0 Å². The van der Waals surface area contributed by atoms with Gasteiger partial charge in [0, 0.05) is 6.54 Å². The lowest BCUT2D eigenvalue weighted by Crippen LogP contribution is -2.37. The highest BCUT2D eigenvalue weighted by Crippen LogP contribution is 2.11. The fraction of sp³-hybridized carbons (Fsp3) is 0.923. The first-order valence-corrected chi connectivity index (χ1v) is 6.41. The Morgan fingerprint density at radius 2 is 1.88 bits per heavy atom. The van der Waals surface area contributed by atoms with Crippen LogP contribution in [0.4, 0.5) is 4.79 Å². The minimum Gasteiger partial charge on any atom is -0.444 e. The summed E-state index contributed by atoms with van der Waals surface area (Å²) in [6.07, 6.45) is 1.82. The lowest BCUT2D eigenvalue weighted by Gasteiger charge is -2.21. The fourth-order valence-corrected chi connectivity index (χ4v) is 1.41. The summed E-state index contributed by atoms with van der Waals surface area (Å²) in [6, 6.07) is 0. The second-order valence-corrected chi connectivity index (χ2v) is 5.96. The predicted octanol–water partition coefficient (Wildman–Crippen LogP) is 2.52. The average Bonchev–Trinajstić information content (AvgIpc) is 2.14. The highest BCUT2D eigenvalue weighted by molar-refractivity contribution is 5.67. The van der Waals surface area contributed by atoms with Crippen LogP contribution in [0.2, 0.25) is 0 Å². The summed E-state index contributed by atoms with van der Waals surface area (Å²) < 4.78 is 5.17. The van der Waals surface area contributed by atoms with Crippen LogP contribution in [-0.4, -0.2) is 24.8 Å². The molecule has 3 N–H and O–H groups in total. The third kappa shape index (κ3) is 10.1. The molecule has 0 rings (SSSR count). The van der Waals surface area contributed by atoms with E-state index in [1.54, 1.807) is 0 Å². The number of alkyl carbamates (subject to hydrolysis) is 1. The van der Waals surface area contributed by atoms with Crippen molar-refractivity contribution < 1.29 is 9.53 Å². The fourth-order valence-electron chi connectivity index (χ4n) is 1.41. The van der Waals surface area contributed by atoms with Crippen molar-refractivity contribution in [3.8, 4) is 0 Å². The van der Waals surface area contributed by atoms with E-state index in [-0.39, 0.29) is 6.09 Å². The van der Waals surface area contributed by atoms with Crippen LogP contribution >= 0.6 is 0 Å². The minimum absolute atomic E-state index is 0.338. The van der Waals surface area contributed by atoms with Crippen LogP contribution in [0.25, 0.3) is 0 Å². The zero-order chi connectivity index (χ0) is 13.5. The van der Waals surface area contributed by atoms with Gasteiger partial charge in [0.25, 0.3) is 0 Å². The Morgan fingerprint density at radius 3 is 2.29 bits per heavy atom. The van der Waals surface area contributed by atoms with Gasteiger partial charge in [-0.05, 0) is 45.6 Å². The van der Waals surface area contributed by atoms with Gasteiger partial charge in [0.1, 0.15) is 5.60 Å². The van der Waals surface area contributed by atoms with Gasteiger partial charge in [-0.25, -0.2) is 4.79 Å². The lowest BCUT2D eigenvalue weighted by atomic mass is 9.98. The summed E-state index contributed by atoms with van der Waals surface area (Å²) in [5.41, 5.74) is 5.24. The molecule has 0 aliphatic heterocycles. The molecule has 102 valence electrons. The summed E-state index contributed by atoms with van der Waals surface area (Å²) in [5.74, 6) is 1.01. The molecular formula is C13H28N2O2. The third-order valence-corrected chi connectivity index (χ3v) is 2.42. The molecule has 4 heteroatoms. The van der Waals surface area contributed by atoms with Crippen molar-refractivity contribution in [3.05, 3.63) is 0 Å². The van der Waals surface area contributed by atoms with Crippen molar-refractivity contribution in [2.24, 2.45) is 17.6 Å². The largest absolute Gasteiger partial charge is 0.444 e. The Labute approximate surface area is 105 Å². The van der Waals surface area contributed by atoms with Gasteiger partial charge in [-0.2, -0.15) is 0 Å². The Kier molecular flexibility index (Phi) is 7.19. The normalized spacial score (nSPS) is 13.6. The molecule has 0 saturated carbocycles. The number of carbonyl (C=O) groups is 1. The molecule has 0 fully saturated rings. The molecule has 0 radical (unpaired) electrons. The zero-order valence-corrected chi connectivity index (χ0v) is 11.9. The summed E-state index contributed by atoms with van der Waals surface area (Å²) >= 11 is 0. The van der Waals surface area contributed by atoms with E-state index in [1.807, 2.05) is 20.8 Å². The van der Waals surface area contributed by atoms with Gasteiger partial charge in [0.2, 0.25) is 0 Å². The number of ether oxygens (including phenoxy) is 1. The number of nitrogens with two attached hydrogens (primary N) is 1. The summed E-state index contributed by atoms with van der Waals surface area (Å²) in [4.78, 5) is 11.4. The molecule has 0 heterocycles. The van der Waals surface area contributed by atoms with Crippen molar-refractivity contribution >= 4 is 6.09 Å². The molecular weight excluding hydrogens is 216 g/mol. The molecule has 0 bridgehead atoms. The van der Waals surface area contributed by atoms with Gasteiger partial charge in [0.15, 0.2) is 0 Å². The summed E-state index contributed by atoms with van der Waals surface area (Å²) in [5, 5.41) is 2.77. The average molecular weight is 244 g/mol. The van der Waals surface area contributed by atoms with Crippen molar-refractivity contribution in [2.45, 2.75) is 53.1 Å². The van der Waals surface area contributed by atoms with Gasteiger partial charge in [0.05, 0.1) is 0 Å². The number of hydrogen-bond acceptors (Lipinski definition) is 3. The molecule has 0 aromatic carbocycles. The van der Waals surface area contributed by atoms with Gasteiger partial charge >= 0.3 is 6.09 Å². The number of nitrogens with one attached hydrogen (secondary N) is 1. The van der Waals surface area contributed by atoms with Crippen LogP contribution in [0.5, 0.6) is 0 Å². The Morgan fingerprint density at radius 1 is 1.29 bits per heavy atom. The molecule has 4 nitrogen and oxygen atoms in total. The first-order chi connectivity index (χ1) is 7.74. The van der Waals surface area contributed by atoms with E-state index < -0.39 is 5.60 Å². The molecule has 1 unspecified atom stereocenters. The van der Waals surface area contributed by atoms with Crippen LogP contribution in [0.3, 0.4) is 0 Å². The van der Waals surface area contributed by atoms with Gasteiger partial charge in [-0.1, -0.05) is 20.3 Å². The van der Waals surface area contributed by atoms with E-state index >= 15 is 0 Å². The van der Waals surface area contributed by atoms with E-state index in [0.717, 1.165) is 12.8 Å². The molecule has 17 heavy (non-hydrogen) atoms. The molecule has 1 atom stereocenters. The van der Waals surface area contributed by atoms with Gasteiger partial charge < -0.3 is 15.8 Å². The molecule has 1 amide bonds. The lowest BCUT2D eigenvalue weighted by molar-refractivity contribution is 0.0518. The molecule has 0 spiro atoms. The van der Waals surface area contributed by atoms with Gasteiger partial charge in [-0.15, -0.1) is 0 Å². The third-order valence-electron chi connectivity index (χ3n) is 2.42. The van der Waals surface area contributed by atoms with Crippen molar-refractivity contribution in [1.82, 2.24) is 5.32 Å². The number of carbonyl (C=O) groups excluding carboxylic acids is 1. The highest BCUT2D eigenvalue weighted by atomic mass is 16.6. The van der Waals surface area contributed by atoms with E-state index in [4.69, 9.17) is 10.5 Å².